The van der Waals surface area contributed by atoms with Crippen LogP contribution in [0.5, 0.6) is 0 Å². The molecule has 0 aliphatic heterocycles. The predicted octanol–water partition coefficient (Wildman–Crippen LogP) is 0.247. The van der Waals surface area contributed by atoms with Crippen LogP contribution in [0, 0.1) is 5.92 Å². The number of carboxylic acids is 1. The molecule has 2 N–H and O–H groups in total. The maximum absolute atomic E-state index is 10.6. The van der Waals surface area contributed by atoms with Crippen molar-refractivity contribution in [2.45, 2.75) is 31.5 Å². The zero-order valence-corrected chi connectivity index (χ0v) is 7.06. The second-order valence-corrected chi connectivity index (χ2v) is 3.19. The first-order valence-electron chi connectivity index (χ1n) is 4.08. The number of hydrogen-bond donors (Lipinski definition) is 2. The molecular formula is C8H14O4. The van der Waals surface area contributed by atoms with Gasteiger partial charge < -0.3 is 14.9 Å². The van der Waals surface area contributed by atoms with Crippen LogP contribution in [-0.4, -0.2) is 35.5 Å². The quantitative estimate of drug-likeness (QED) is 0.629. The minimum absolute atomic E-state index is 0.306. The van der Waals surface area contributed by atoms with Crippen LogP contribution < -0.4 is 0 Å². The molecule has 0 bridgehead atoms. The van der Waals surface area contributed by atoms with E-state index in [4.69, 9.17) is 9.84 Å². The van der Waals surface area contributed by atoms with E-state index in [0.717, 1.165) is 0 Å². The lowest BCUT2D eigenvalue weighted by molar-refractivity contribution is -0.147. The summed E-state index contributed by atoms with van der Waals surface area (Å²) in [5, 5.41) is 18.1. The number of hydrogen-bond acceptors (Lipinski definition) is 3. The van der Waals surface area contributed by atoms with E-state index in [9.17, 15) is 9.90 Å². The van der Waals surface area contributed by atoms with E-state index in [2.05, 4.69) is 0 Å². The molecule has 1 fully saturated rings. The smallest absolute Gasteiger partial charge is 0.306 e. The van der Waals surface area contributed by atoms with Crippen molar-refractivity contribution < 1.29 is 19.7 Å². The van der Waals surface area contributed by atoms with E-state index in [-0.39, 0.29) is 12.0 Å². The van der Waals surface area contributed by atoms with Gasteiger partial charge in [0.1, 0.15) is 0 Å². The summed E-state index contributed by atoms with van der Waals surface area (Å²) in [5.41, 5.74) is 0. The summed E-state index contributed by atoms with van der Waals surface area (Å²) in [6.07, 6.45) is 0.698. The average molecular weight is 174 g/mol. The molecule has 0 aromatic carbocycles. The topological polar surface area (TPSA) is 66.8 Å². The highest BCUT2D eigenvalue weighted by Crippen LogP contribution is 2.26. The van der Waals surface area contributed by atoms with E-state index in [1.807, 2.05) is 0 Å². The number of aliphatic hydroxyl groups excluding tert-OH is 1. The summed E-state index contributed by atoms with van der Waals surface area (Å²) in [6.45, 7) is 0. The van der Waals surface area contributed by atoms with Gasteiger partial charge in [-0.15, -0.1) is 0 Å². The second kappa shape index (κ2) is 3.87. The molecule has 0 radical (unpaired) electrons. The fourth-order valence-corrected chi connectivity index (χ4v) is 1.59. The number of ether oxygens (including phenoxy) is 1. The molecular weight excluding hydrogens is 160 g/mol. The molecule has 12 heavy (non-hydrogen) atoms. The largest absolute Gasteiger partial charge is 0.481 e. The maximum Gasteiger partial charge on any atom is 0.306 e. The third-order valence-electron chi connectivity index (χ3n) is 2.41. The maximum atomic E-state index is 10.6. The molecule has 0 heterocycles. The lowest BCUT2D eigenvalue weighted by Crippen LogP contribution is -2.37. The van der Waals surface area contributed by atoms with Crippen LogP contribution in [0.3, 0.4) is 0 Å². The van der Waals surface area contributed by atoms with Crippen LogP contribution in [0.4, 0.5) is 0 Å². The van der Waals surface area contributed by atoms with Gasteiger partial charge in [0.2, 0.25) is 0 Å². The molecule has 4 nitrogen and oxygen atoms in total. The highest BCUT2D eigenvalue weighted by Gasteiger charge is 2.32. The molecule has 0 aromatic heterocycles. The minimum atomic E-state index is -0.788. The summed E-state index contributed by atoms with van der Waals surface area (Å²) in [7, 11) is 1.50. The van der Waals surface area contributed by atoms with Crippen LogP contribution >= 0.6 is 0 Å². The third-order valence-corrected chi connectivity index (χ3v) is 2.41. The molecule has 0 unspecified atom stereocenters. The highest BCUT2D eigenvalue weighted by molar-refractivity contribution is 5.70. The standard InChI is InChI=1S/C8H14O4/c1-12-7-4-5(8(10)11)2-3-6(7)9/h5-7,9H,2-4H2,1H3,(H,10,11)/t5-,6+,7-/m0/s1. The van der Waals surface area contributed by atoms with Crippen molar-refractivity contribution in [1.29, 1.82) is 0 Å². The van der Waals surface area contributed by atoms with Crippen LogP contribution in [0.2, 0.25) is 0 Å². The van der Waals surface area contributed by atoms with Crippen LogP contribution in [0.15, 0.2) is 0 Å². The zero-order chi connectivity index (χ0) is 9.14. The number of aliphatic carboxylic acids is 1. The SMILES string of the molecule is CO[C@H]1C[C@@H](C(=O)O)CC[C@H]1O. The molecule has 1 saturated carbocycles. The van der Waals surface area contributed by atoms with Gasteiger partial charge in [0.15, 0.2) is 0 Å². The van der Waals surface area contributed by atoms with Gasteiger partial charge >= 0.3 is 5.97 Å². The van der Waals surface area contributed by atoms with Gasteiger partial charge in [-0.3, -0.25) is 4.79 Å². The van der Waals surface area contributed by atoms with E-state index in [0.29, 0.717) is 19.3 Å². The van der Waals surface area contributed by atoms with E-state index >= 15 is 0 Å². The second-order valence-electron chi connectivity index (χ2n) is 3.19. The summed E-state index contributed by atoms with van der Waals surface area (Å²) in [6, 6.07) is 0. The molecule has 0 amide bonds. The Bertz CT molecular complexity index is 168. The molecule has 1 rings (SSSR count). The number of carboxylic acid groups (broad SMARTS) is 1. The molecule has 3 atom stereocenters. The van der Waals surface area contributed by atoms with Gasteiger partial charge in [-0.05, 0) is 19.3 Å². The van der Waals surface area contributed by atoms with Crippen molar-refractivity contribution >= 4 is 5.97 Å². The Balaban J connectivity index is 2.49. The number of aliphatic hydroxyl groups is 1. The Kier molecular flexibility index (Phi) is 3.05. The molecule has 0 spiro atoms. The van der Waals surface area contributed by atoms with Gasteiger partial charge in [-0.25, -0.2) is 0 Å². The Labute approximate surface area is 71.2 Å². The van der Waals surface area contributed by atoms with Crippen molar-refractivity contribution in [3.05, 3.63) is 0 Å². The summed E-state index contributed by atoms with van der Waals surface area (Å²) in [5.74, 6) is -1.14. The molecule has 0 aromatic rings. The van der Waals surface area contributed by atoms with Crippen molar-refractivity contribution in [3.63, 3.8) is 0 Å². The van der Waals surface area contributed by atoms with E-state index in [1.54, 1.807) is 0 Å². The summed E-state index contributed by atoms with van der Waals surface area (Å²) in [4.78, 5) is 10.6. The van der Waals surface area contributed by atoms with Crippen LogP contribution in [0.1, 0.15) is 19.3 Å². The van der Waals surface area contributed by atoms with Gasteiger partial charge in [0.05, 0.1) is 18.1 Å². The Morgan fingerprint density at radius 3 is 2.67 bits per heavy atom. The van der Waals surface area contributed by atoms with Crippen molar-refractivity contribution in [2.75, 3.05) is 7.11 Å². The monoisotopic (exact) mass is 174 g/mol. The summed E-state index contributed by atoms with van der Waals surface area (Å²) < 4.78 is 4.97. The van der Waals surface area contributed by atoms with E-state index < -0.39 is 12.1 Å². The lowest BCUT2D eigenvalue weighted by Gasteiger charge is -2.29. The van der Waals surface area contributed by atoms with E-state index in [1.165, 1.54) is 7.11 Å². The fourth-order valence-electron chi connectivity index (χ4n) is 1.59. The first-order valence-corrected chi connectivity index (χ1v) is 4.08. The average Bonchev–Trinajstić information content (AvgIpc) is 2.05. The first kappa shape index (κ1) is 9.48. The van der Waals surface area contributed by atoms with Crippen LogP contribution in [0.25, 0.3) is 0 Å². The fraction of sp³-hybridized carbons (Fsp3) is 0.875. The van der Waals surface area contributed by atoms with Crippen LogP contribution in [-0.2, 0) is 9.53 Å². The number of rotatable bonds is 2. The van der Waals surface area contributed by atoms with Gasteiger partial charge in [0, 0.05) is 7.11 Å². The Morgan fingerprint density at radius 2 is 2.17 bits per heavy atom. The third kappa shape index (κ3) is 1.95. The molecule has 4 heteroatoms. The van der Waals surface area contributed by atoms with Crippen molar-refractivity contribution in [2.24, 2.45) is 5.92 Å². The molecule has 70 valence electrons. The summed E-state index contributed by atoms with van der Waals surface area (Å²) >= 11 is 0. The molecule has 1 aliphatic carbocycles. The predicted molar refractivity (Wildman–Crippen MR) is 41.8 cm³/mol. The minimum Gasteiger partial charge on any atom is -0.481 e. The Morgan fingerprint density at radius 1 is 1.50 bits per heavy atom. The Hall–Kier alpha value is -0.610. The van der Waals surface area contributed by atoms with Gasteiger partial charge in [0.25, 0.3) is 0 Å². The normalized spacial score (nSPS) is 36.3. The van der Waals surface area contributed by atoms with Gasteiger partial charge in [-0.2, -0.15) is 0 Å². The number of methoxy groups -OCH3 is 1. The lowest BCUT2D eigenvalue weighted by atomic mass is 9.85. The van der Waals surface area contributed by atoms with Crippen molar-refractivity contribution in [3.8, 4) is 0 Å². The van der Waals surface area contributed by atoms with Crippen molar-refractivity contribution in [1.82, 2.24) is 0 Å². The molecule has 0 saturated heterocycles. The van der Waals surface area contributed by atoms with Gasteiger partial charge in [-0.1, -0.05) is 0 Å². The molecule has 1 aliphatic rings. The zero-order valence-electron chi connectivity index (χ0n) is 7.06. The number of carbonyl (C=O) groups is 1. The highest BCUT2D eigenvalue weighted by atomic mass is 16.5. The first-order chi connectivity index (χ1) is 5.65.